The Morgan fingerprint density at radius 2 is 1.89 bits per heavy atom. The van der Waals surface area contributed by atoms with Gasteiger partial charge in [0.15, 0.2) is 0 Å². The fourth-order valence-electron chi connectivity index (χ4n) is 0.606. The van der Waals surface area contributed by atoms with Gasteiger partial charge in [-0.05, 0) is 19.1 Å². The van der Waals surface area contributed by atoms with Crippen molar-refractivity contribution in [2.75, 3.05) is 0 Å². The van der Waals surface area contributed by atoms with Gasteiger partial charge < -0.3 is 0 Å². The molecule has 0 saturated heterocycles. The van der Waals surface area contributed by atoms with E-state index in [-0.39, 0.29) is 0 Å². The maximum atomic E-state index is 3.00. The monoisotopic (exact) mass is 136 g/mol. The van der Waals surface area contributed by atoms with Crippen molar-refractivity contribution in [2.45, 2.75) is 11.8 Å². The molecule has 0 atom stereocenters. The molecule has 0 amide bonds. The maximum Gasteiger partial charge on any atom is 0.0350 e. The van der Waals surface area contributed by atoms with Crippen LogP contribution < -0.4 is 0 Å². The Morgan fingerprint density at radius 3 is 2.44 bits per heavy atom. The second-order valence-corrected chi connectivity index (χ2v) is 2.70. The van der Waals surface area contributed by atoms with E-state index in [4.69, 9.17) is 0 Å². The molecule has 0 saturated carbocycles. The summed E-state index contributed by atoms with van der Waals surface area (Å²) < 4.78 is 0. The number of benzene rings is 1. The van der Waals surface area contributed by atoms with Crippen LogP contribution in [0.25, 0.3) is 0 Å². The van der Waals surface area contributed by atoms with E-state index in [2.05, 4.69) is 17.3 Å². The Labute approximate surface area is 59.1 Å². The molecule has 0 spiro atoms. The third-order valence-corrected chi connectivity index (χ3v) is 1.68. The van der Waals surface area contributed by atoms with Crippen LogP contribution in [-0.2, 0) is 0 Å². The van der Waals surface area contributed by atoms with Gasteiger partial charge in [-0.2, -0.15) is 0 Å². The van der Waals surface area contributed by atoms with Crippen LogP contribution in [0.5, 0.6) is 0 Å². The fraction of sp³-hybridized carbons (Fsp3) is 0.125. The van der Waals surface area contributed by atoms with Crippen molar-refractivity contribution in [3.8, 4) is 5.18 Å². The van der Waals surface area contributed by atoms with Gasteiger partial charge in [-0.1, -0.05) is 34.6 Å². The van der Waals surface area contributed by atoms with E-state index in [1.807, 2.05) is 25.1 Å². The smallest absolute Gasteiger partial charge is 0.0350 e. The lowest BCUT2D eigenvalue weighted by atomic mass is 10.4. The number of hydrogen-bond acceptors (Lipinski definition) is 0. The molecule has 0 aromatic heterocycles. The second-order valence-electron chi connectivity index (χ2n) is 1.62. The summed E-state index contributed by atoms with van der Waals surface area (Å²) in [5.41, 5.74) is 0. The van der Waals surface area contributed by atoms with Crippen LogP contribution in [0.15, 0.2) is 35.2 Å². The lowest BCUT2D eigenvalue weighted by Crippen LogP contribution is -1.59. The van der Waals surface area contributed by atoms with Crippen LogP contribution in [0.1, 0.15) is 6.92 Å². The molecule has 0 aliphatic carbocycles. The maximum absolute atomic E-state index is 3.00. The molecule has 46 valence electrons. The van der Waals surface area contributed by atoms with Gasteiger partial charge in [0, 0.05) is 4.90 Å². The van der Waals surface area contributed by atoms with Gasteiger partial charge in [0.2, 0.25) is 0 Å². The molecule has 0 heterocycles. The molecule has 0 unspecified atom stereocenters. The molecule has 1 heteroatoms. The van der Waals surface area contributed by atoms with E-state index >= 15 is 0 Å². The van der Waals surface area contributed by atoms with E-state index in [9.17, 15) is 0 Å². The first-order chi connectivity index (χ1) is 4.43. The molecule has 9 heavy (non-hydrogen) atoms. The molecule has 1 aromatic rings. The zero-order valence-corrected chi connectivity index (χ0v) is 6.11. The summed E-state index contributed by atoms with van der Waals surface area (Å²) in [4.78, 5) is 1.25. The molecule has 0 N–H and O–H groups in total. The zero-order chi connectivity index (χ0) is 6.53. The first-order valence-corrected chi connectivity index (χ1v) is 3.64. The van der Waals surface area contributed by atoms with Gasteiger partial charge in [-0.25, -0.2) is 0 Å². The highest BCUT2D eigenvalue weighted by Gasteiger charge is 1.77. The molecule has 0 nitrogen and oxygen atoms in total. The van der Waals surface area contributed by atoms with Crippen molar-refractivity contribution in [3.05, 3.63) is 30.3 Å². The number of hydrogen-bond donors (Lipinski definition) is 0. The van der Waals surface area contributed by atoms with Crippen LogP contribution in [0.3, 0.4) is 0 Å². The quantitative estimate of drug-likeness (QED) is 0.514. The highest BCUT2D eigenvalue weighted by molar-refractivity contribution is 7.88. The summed E-state index contributed by atoms with van der Waals surface area (Å²) >= 11 is 1.63. The molecule has 1 rings (SSSR count). The molecule has 0 aliphatic rings. The molecule has 0 fully saturated rings. The Hall–Kier alpha value is -0.780. The van der Waals surface area contributed by atoms with Crippen molar-refractivity contribution in [2.24, 2.45) is 0 Å². The lowest BCUT2D eigenvalue weighted by Gasteiger charge is -1.83. The van der Waals surface area contributed by atoms with Crippen LogP contribution in [0.2, 0.25) is 0 Å². The SMILES string of the molecule is CC#Sc1ccccc1. The van der Waals surface area contributed by atoms with Crippen LogP contribution >= 0.6 is 11.2 Å². The minimum Gasteiger partial charge on any atom is -0.0982 e. The third-order valence-electron chi connectivity index (χ3n) is 0.963. The van der Waals surface area contributed by atoms with E-state index < -0.39 is 0 Å². The summed E-state index contributed by atoms with van der Waals surface area (Å²) in [5.74, 6) is 0. The van der Waals surface area contributed by atoms with Crippen LogP contribution in [-0.4, -0.2) is 0 Å². The van der Waals surface area contributed by atoms with Crippen molar-refractivity contribution in [1.29, 1.82) is 0 Å². The van der Waals surface area contributed by atoms with E-state index in [0.717, 1.165) is 0 Å². The molecule has 1 aromatic carbocycles. The zero-order valence-electron chi connectivity index (χ0n) is 5.29. The Balaban J connectivity index is 2.94. The Kier molecular flexibility index (Phi) is 2.32. The predicted octanol–water partition coefficient (Wildman–Crippen LogP) is 2.76. The number of rotatable bonds is 0. The van der Waals surface area contributed by atoms with Crippen molar-refractivity contribution < 1.29 is 0 Å². The predicted molar refractivity (Wildman–Crippen MR) is 41.9 cm³/mol. The molecule has 0 bridgehead atoms. The van der Waals surface area contributed by atoms with Gasteiger partial charge in [0.25, 0.3) is 0 Å². The third kappa shape index (κ3) is 1.88. The van der Waals surface area contributed by atoms with Crippen molar-refractivity contribution in [3.63, 3.8) is 0 Å². The van der Waals surface area contributed by atoms with Gasteiger partial charge in [-0.15, -0.1) is 0 Å². The summed E-state index contributed by atoms with van der Waals surface area (Å²) in [6, 6.07) is 10.2. The molecular weight excluding hydrogens is 128 g/mol. The Bertz CT molecular complexity index is 228. The average Bonchev–Trinajstić information content (AvgIpc) is 1.91. The van der Waals surface area contributed by atoms with Crippen molar-refractivity contribution >= 4 is 11.2 Å². The van der Waals surface area contributed by atoms with Gasteiger partial charge in [0.1, 0.15) is 0 Å². The lowest BCUT2D eigenvalue weighted by molar-refractivity contribution is 1.48. The van der Waals surface area contributed by atoms with Gasteiger partial charge in [0.05, 0.1) is 0 Å². The van der Waals surface area contributed by atoms with Crippen LogP contribution in [0, 0.1) is 5.18 Å². The average molecular weight is 136 g/mol. The molecule has 0 aliphatic heterocycles. The normalized spacial score (nSPS) is 8.11. The van der Waals surface area contributed by atoms with Crippen molar-refractivity contribution in [1.82, 2.24) is 0 Å². The second kappa shape index (κ2) is 3.29. The largest absolute Gasteiger partial charge is 0.0982 e. The van der Waals surface area contributed by atoms with E-state index in [1.54, 1.807) is 11.2 Å². The van der Waals surface area contributed by atoms with Gasteiger partial charge in [-0.3, -0.25) is 0 Å². The Morgan fingerprint density at radius 1 is 1.22 bits per heavy atom. The first-order valence-electron chi connectivity index (χ1n) is 2.82. The fourth-order valence-corrected chi connectivity index (χ4v) is 1.14. The summed E-state index contributed by atoms with van der Waals surface area (Å²) in [6.07, 6.45) is 0. The summed E-state index contributed by atoms with van der Waals surface area (Å²) in [7, 11) is 0. The van der Waals surface area contributed by atoms with E-state index in [0.29, 0.717) is 0 Å². The molecular formula is C8H8S. The highest BCUT2D eigenvalue weighted by Crippen LogP contribution is 2.05. The van der Waals surface area contributed by atoms with Crippen LogP contribution in [0.4, 0.5) is 0 Å². The summed E-state index contributed by atoms with van der Waals surface area (Å²) in [6.45, 7) is 1.91. The van der Waals surface area contributed by atoms with E-state index in [1.165, 1.54) is 4.90 Å². The first kappa shape index (κ1) is 6.34. The minimum atomic E-state index is 1.25. The van der Waals surface area contributed by atoms with Gasteiger partial charge >= 0.3 is 0 Å². The minimum absolute atomic E-state index is 1.25. The molecule has 0 radical (unpaired) electrons. The topological polar surface area (TPSA) is 0 Å². The summed E-state index contributed by atoms with van der Waals surface area (Å²) in [5, 5.41) is 3.00. The highest BCUT2D eigenvalue weighted by atomic mass is 32.1. The standard InChI is InChI=1S/C8H8S/c1-2-9-8-6-4-3-5-7-8/h3-7H,1H3.